The molecule has 0 saturated carbocycles. The fourth-order valence-corrected chi connectivity index (χ4v) is 0.494. The maximum atomic E-state index is 3.85. The standard InChI is InChI=1S/C10H16.C2H6/c1-5-10(4)8-6-7-9(2)3;1-2/h6-8H,4-5H2,1-3H3;1-2H3/b8-6-;. The molecule has 12 heavy (non-hydrogen) atoms. The van der Waals surface area contributed by atoms with Gasteiger partial charge in [-0.2, -0.15) is 0 Å². The molecule has 0 heterocycles. The molecule has 0 bridgehead atoms. The fraction of sp³-hybridized carbons (Fsp3) is 0.500. The molecule has 0 saturated heterocycles. The van der Waals surface area contributed by atoms with E-state index in [1.54, 1.807) is 0 Å². The van der Waals surface area contributed by atoms with E-state index in [1.165, 1.54) is 11.1 Å². The van der Waals surface area contributed by atoms with Crippen LogP contribution < -0.4 is 0 Å². The van der Waals surface area contributed by atoms with Crippen molar-refractivity contribution in [1.82, 2.24) is 0 Å². The summed E-state index contributed by atoms with van der Waals surface area (Å²) in [5.41, 5.74) is 2.50. The van der Waals surface area contributed by atoms with Gasteiger partial charge in [0.1, 0.15) is 0 Å². The third-order valence-corrected chi connectivity index (χ3v) is 1.22. The summed E-state index contributed by atoms with van der Waals surface area (Å²) < 4.78 is 0. The lowest BCUT2D eigenvalue weighted by Crippen LogP contribution is -1.67. The lowest BCUT2D eigenvalue weighted by atomic mass is 10.2. The highest BCUT2D eigenvalue weighted by Gasteiger charge is 1.78. The third kappa shape index (κ3) is 12.0. The number of hydrogen-bond acceptors (Lipinski definition) is 0. The molecule has 0 rings (SSSR count). The van der Waals surface area contributed by atoms with E-state index >= 15 is 0 Å². The first-order valence-corrected chi connectivity index (χ1v) is 4.66. The first kappa shape index (κ1) is 13.8. The second-order valence-corrected chi connectivity index (χ2v) is 2.61. The van der Waals surface area contributed by atoms with Gasteiger partial charge in [-0.1, -0.05) is 56.7 Å². The summed E-state index contributed by atoms with van der Waals surface area (Å²) in [7, 11) is 0. The minimum Gasteiger partial charge on any atom is -0.0958 e. The molecule has 0 unspecified atom stereocenters. The average Bonchev–Trinajstić information content (AvgIpc) is 2.07. The highest BCUT2D eigenvalue weighted by molar-refractivity contribution is 5.20. The first-order chi connectivity index (χ1) is 5.66. The SMILES string of the molecule is C=C(/C=C\C=C(C)C)CC.CC. The summed E-state index contributed by atoms with van der Waals surface area (Å²) in [4.78, 5) is 0. The van der Waals surface area contributed by atoms with Gasteiger partial charge in [0.05, 0.1) is 0 Å². The molecular weight excluding hydrogens is 144 g/mol. The van der Waals surface area contributed by atoms with Crippen molar-refractivity contribution in [3.05, 3.63) is 36.0 Å². The Bertz CT molecular complexity index is 155. The van der Waals surface area contributed by atoms with Crippen LogP contribution in [0.5, 0.6) is 0 Å². The Balaban J connectivity index is 0. The van der Waals surface area contributed by atoms with Gasteiger partial charge < -0.3 is 0 Å². The quantitative estimate of drug-likeness (QED) is 0.541. The summed E-state index contributed by atoms with van der Waals surface area (Å²) in [5.74, 6) is 0. The highest BCUT2D eigenvalue weighted by Crippen LogP contribution is 1.98. The fourth-order valence-electron chi connectivity index (χ4n) is 0.494. The Kier molecular flexibility index (Phi) is 11.7. The second kappa shape index (κ2) is 10.2. The molecule has 0 aliphatic rings. The molecule has 0 amide bonds. The average molecular weight is 166 g/mol. The zero-order valence-corrected chi connectivity index (χ0v) is 9.15. The predicted octanol–water partition coefficient (Wildman–Crippen LogP) is 4.50. The summed E-state index contributed by atoms with van der Waals surface area (Å²) in [5, 5.41) is 0. The molecule has 0 N–H and O–H groups in total. The Morgan fingerprint density at radius 2 is 1.75 bits per heavy atom. The molecule has 70 valence electrons. The van der Waals surface area contributed by atoms with Gasteiger partial charge in [-0.3, -0.25) is 0 Å². The molecule has 0 heteroatoms. The summed E-state index contributed by atoms with van der Waals surface area (Å²) in [6.45, 7) is 14.1. The lowest BCUT2D eigenvalue weighted by molar-refractivity contribution is 1.16. The monoisotopic (exact) mass is 166 g/mol. The van der Waals surface area contributed by atoms with Crippen LogP contribution in [0.1, 0.15) is 41.0 Å². The molecule has 0 radical (unpaired) electrons. The van der Waals surface area contributed by atoms with Crippen molar-refractivity contribution in [3.8, 4) is 0 Å². The van der Waals surface area contributed by atoms with E-state index in [1.807, 2.05) is 26.0 Å². The molecule has 0 aliphatic carbocycles. The van der Waals surface area contributed by atoms with Crippen LogP contribution in [0.25, 0.3) is 0 Å². The first-order valence-electron chi connectivity index (χ1n) is 4.66. The maximum Gasteiger partial charge on any atom is -0.0313 e. The van der Waals surface area contributed by atoms with Gasteiger partial charge in [0.25, 0.3) is 0 Å². The lowest BCUT2D eigenvalue weighted by Gasteiger charge is -1.88. The number of hydrogen-bond donors (Lipinski definition) is 0. The van der Waals surface area contributed by atoms with E-state index in [4.69, 9.17) is 0 Å². The zero-order chi connectivity index (χ0) is 9.98. The van der Waals surface area contributed by atoms with Gasteiger partial charge in [0, 0.05) is 0 Å². The van der Waals surface area contributed by atoms with Crippen LogP contribution in [0.2, 0.25) is 0 Å². The summed E-state index contributed by atoms with van der Waals surface area (Å²) >= 11 is 0. The summed E-state index contributed by atoms with van der Waals surface area (Å²) in [6.07, 6.45) is 7.21. The van der Waals surface area contributed by atoms with Gasteiger partial charge in [0.15, 0.2) is 0 Å². The maximum absolute atomic E-state index is 3.85. The predicted molar refractivity (Wildman–Crippen MR) is 59.4 cm³/mol. The van der Waals surface area contributed by atoms with Crippen LogP contribution in [-0.2, 0) is 0 Å². The minimum atomic E-state index is 1.03. The van der Waals surface area contributed by atoms with Crippen LogP contribution in [0.3, 0.4) is 0 Å². The number of allylic oxidation sites excluding steroid dienone is 5. The van der Waals surface area contributed by atoms with E-state index < -0.39 is 0 Å². The minimum absolute atomic E-state index is 1.03. The molecule has 0 spiro atoms. The van der Waals surface area contributed by atoms with Crippen LogP contribution in [-0.4, -0.2) is 0 Å². The third-order valence-electron chi connectivity index (χ3n) is 1.22. The molecule has 0 aromatic rings. The van der Waals surface area contributed by atoms with Gasteiger partial charge in [-0.15, -0.1) is 0 Å². The Hall–Kier alpha value is -0.780. The molecule has 0 fully saturated rings. The van der Waals surface area contributed by atoms with Gasteiger partial charge in [-0.05, 0) is 20.3 Å². The Labute approximate surface area is 77.7 Å². The largest absolute Gasteiger partial charge is 0.0958 e. The van der Waals surface area contributed by atoms with Gasteiger partial charge in [0.2, 0.25) is 0 Å². The van der Waals surface area contributed by atoms with Crippen molar-refractivity contribution in [2.24, 2.45) is 0 Å². The normalized spacial score (nSPS) is 8.75. The Morgan fingerprint density at radius 3 is 2.08 bits per heavy atom. The van der Waals surface area contributed by atoms with E-state index in [0.717, 1.165) is 6.42 Å². The van der Waals surface area contributed by atoms with Crippen molar-refractivity contribution in [2.75, 3.05) is 0 Å². The van der Waals surface area contributed by atoms with Crippen molar-refractivity contribution in [1.29, 1.82) is 0 Å². The van der Waals surface area contributed by atoms with Crippen molar-refractivity contribution < 1.29 is 0 Å². The summed E-state index contributed by atoms with van der Waals surface area (Å²) in [6, 6.07) is 0. The smallest absolute Gasteiger partial charge is 0.0313 e. The van der Waals surface area contributed by atoms with E-state index in [9.17, 15) is 0 Å². The van der Waals surface area contributed by atoms with Gasteiger partial charge in [-0.25, -0.2) is 0 Å². The van der Waals surface area contributed by atoms with Crippen molar-refractivity contribution in [3.63, 3.8) is 0 Å². The van der Waals surface area contributed by atoms with E-state index in [0.29, 0.717) is 0 Å². The highest BCUT2D eigenvalue weighted by atomic mass is 13.8. The number of rotatable bonds is 3. The Morgan fingerprint density at radius 1 is 1.25 bits per heavy atom. The van der Waals surface area contributed by atoms with Crippen molar-refractivity contribution >= 4 is 0 Å². The second-order valence-electron chi connectivity index (χ2n) is 2.61. The van der Waals surface area contributed by atoms with Gasteiger partial charge >= 0.3 is 0 Å². The topological polar surface area (TPSA) is 0 Å². The molecular formula is C12H22. The van der Waals surface area contributed by atoms with Crippen LogP contribution >= 0.6 is 0 Å². The van der Waals surface area contributed by atoms with E-state index in [-0.39, 0.29) is 0 Å². The van der Waals surface area contributed by atoms with Crippen LogP contribution in [0, 0.1) is 0 Å². The van der Waals surface area contributed by atoms with Crippen molar-refractivity contribution in [2.45, 2.75) is 41.0 Å². The van der Waals surface area contributed by atoms with E-state index in [2.05, 4.69) is 33.4 Å². The molecule has 0 atom stereocenters. The van der Waals surface area contributed by atoms with Crippen LogP contribution in [0.4, 0.5) is 0 Å². The molecule has 0 aliphatic heterocycles. The molecule has 0 aromatic heterocycles. The molecule has 0 nitrogen and oxygen atoms in total. The molecule has 0 aromatic carbocycles. The zero-order valence-electron chi connectivity index (χ0n) is 9.15. The van der Waals surface area contributed by atoms with Crippen LogP contribution in [0.15, 0.2) is 36.0 Å².